The normalized spacial score (nSPS) is 14.0. The van der Waals surface area contributed by atoms with Gasteiger partial charge in [-0.15, -0.1) is 0 Å². The highest BCUT2D eigenvalue weighted by atomic mass is 19.1. The molecule has 1 atom stereocenters. The second kappa shape index (κ2) is 7.92. The summed E-state index contributed by atoms with van der Waals surface area (Å²) >= 11 is 0. The molecule has 1 N–H and O–H groups in total. The summed E-state index contributed by atoms with van der Waals surface area (Å²) in [4.78, 5) is 0. The first-order valence-electron chi connectivity index (χ1n) is 7.69. The molecule has 0 spiro atoms. The molecule has 0 bridgehead atoms. The number of rotatable bonds is 7. The predicted octanol–water partition coefficient (Wildman–Crippen LogP) is 4.69. The summed E-state index contributed by atoms with van der Waals surface area (Å²) in [5, 5.41) is 3.20. The number of allylic oxidation sites excluding steroid dienone is 2. The maximum Gasteiger partial charge on any atom is 0.213 e. The van der Waals surface area contributed by atoms with Crippen molar-refractivity contribution in [2.45, 2.75) is 52.2 Å². The molecule has 1 rings (SSSR count). The van der Waals surface area contributed by atoms with Crippen LogP contribution in [0.25, 0.3) is 0 Å². The SMILES string of the molecule is C=[N+](/C=C\NC(C)C)c1ccccc1C(C)(C)[C@H](F)C=CC. The summed E-state index contributed by atoms with van der Waals surface area (Å²) in [6.45, 7) is 13.9. The number of nitrogens with one attached hydrogen (secondary N) is 1. The van der Waals surface area contributed by atoms with Gasteiger partial charge < -0.3 is 5.32 Å². The van der Waals surface area contributed by atoms with Crippen LogP contribution in [0.3, 0.4) is 0 Å². The van der Waals surface area contributed by atoms with Gasteiger partial charge in [0.25, 0.3) is 0 Å². The Morgan fingerprint density at radius 3 is 2.50 bits per heavy atom. The average molecular weight is 303 g/mol. The van der Waals surface area contributed by atoms with Gasteiger partial charge in [-0.1, -0.05) is 44.2 Å². The molecule has 0 heterocycles. The smallest absolute Gasteiger partial charge is 0.213 e. The van der Waals surface area contributed by atoms with Gasteiger partial charge in [0.15, 0.2) is 6.20 Å². The van der Waals surface area contributed by atoms with Crippen LogP contribution in [0.1, 0.15) is 40.2 Å². The van der Waals surface area contributed by atoms with Crippen molar-refractivity contribution >= 4 is 12.4 Å². The summed E-state index contributed by atoms with van der Waals surface area (Å²) in [7, 11) is 0. The maximum atomic E-state index is 14.5. The zero-order valence-electron chi connectivity index (χ0n) is 14.3. The Labute approximate surface area is 134 Å². The molecule has 0 amide bonds. The Balaban J connectivity index is 3.14. The highest BCUT2D eigenvalue weighted by Gasteiger charge is 2.34. The van der Waals surface area contributed by atoms with E-state index in [0.29, 0.717) is 6.04 Å². The van der Waals surface area contributed by atoms with Crippen LogP contribution in [0.15, 0.2) is 48.8 Å². The van der Waals surface area contributed by atoms with E-state index in [-0.39, 0.29) is 0 Å². The van der Waals surface area contributed by atoms with Gasteiger partial charge in [0.1, 0.15) is 12.9 Å². The van der Waals surface area contributed by atoms with Crippen LogP contribution in [0.5, 0.6) is 0 Å². The molecule has 0 aliphatic rings. The van der Waals surface area contributed by atoms with E-state index in [9.17, 15) is 4.39 Å². The van der Waals surface area contributed by atoms with Crippen LogP contribution >= 0.6 is 0 Å². The molecule has 120 valence electrons. The summed E-state index contributed by atoms with van der Waals surface area (Å²) in [5.41, 5.74) is 1.21. The predicted molar refractivity (Wildman–Crippen MR) is 93.6 cm³/mol. The molecule has 3 heteroatoms. The number of alkyl halides is 1. The lowest BCUT2D eigenvalue weighted by Crippen LogP contribution is -2.29. The van der Waals surface area contributed by atoms with Crippen molar-refractivity contribution in [3.63, 3.8) is 0 Å². The Morgan fingerprint density at radius 2 is 1.91 bits per heavy atom. The van der Waals surface area contributed by atoms with E-state index < -0.39 is 11.6 Å². The van der Waals surface area contributed by atoms with E-state index in [2.05, 4.69) is 25.9 Å². The van der Waals surface area contributed by atoms with E-state index >= 15 is 0 Å². The Morgan fingerprint density at radius 1 is 1.27 bits per heavy atom. The molecule has 0 fully saturated rings. The second-order valence-corrected chi connectivity index (χ2v) is 6.27. The van der Waals surface area contributed by atoms with E-state index in [1.165, 1.54) is 0 Å². The van der Waals surface area contributed by atoms with Gasteiger partial charge in [-0.2, -0.15) is 4.58 Å². The molecule has 0 aliphatic heterocycles. The Kier molecular flexibility index (Phi) is 6.54. The lowest BCUT2D eigenvalue weighted by atomic mass is 9.79. The van der Waals surface area contributed by atoms with Crippen molar-refractivity contribution in [1.29, 1.82) is 0 Å². The van der Waals surface area contributed by atoms with E-state index in [1.807, 2.05) is 57.4 Å². The molecule has 0 radical (unpaired) electrons. The molecular formula is C19H28FN2+. The van der Waals surface area contributed by atoms with Gasteiger partial charge in [0.05, 0.1) is 6.20 Å². The first-order valence-corrected chi connectivity index (χ1v) is 7.69. The van der Waals surface area contributed by atoms with Crippen molar-refractivity contribution in [1.82, 2.24) is 5.32 Å². The number of hydrogen-bond acceptors (Lipinski definition) is 1. The van der Waals surface area contributed by atoms with Gasteiger partial charge in [-0.3, -0.25) is 0 Å². The maximum absolute atomic E-state index is 14.5. The van der Waals surface area contributed by atoms with Gasteiger partial charge in [-0.25, -0.2) is 4.39 Å². The van der Waals surface area contributed by atoms with Gasteiger partial charge >= 0.3 is 0 Å². The monoisotopic (exact) mass is 303 g/mol. The topological polar surface area (TPSA) is 15.0 Å². The lowest BCUT2D eigenvalue weighted by Gasteiger charge is -2.27. The summed E-state index contributed by atoms with van der Waals surface area (Å²) in [5.74, 6) is 0. The molecular weight excluding hydrogens is 275 g/mol. The van der Waals surface area contributed by atoms with Crippen molar-refractivity contribution in [3.8, 4) is 0 Å². The van der Waals surface area contributed by atoms with E-state index in [1.54, 1.807) is 16.7 Å². The van der Waals surface area contributed by atoms with Crippen molar-refractivity contribution in [3.05, 3.63) is 54.4 Å². The minimum atomic E-state index is -1.05. The zero-order valence-corrected chi connectivity index (χ0v) is 14.3. The van der Waals surface area contributed by atoms with Crippen LogP contribution in [0.2, 0.25) is 0 Å². The second-order valence-electron chi connectivity index (χ2n) is 6.27. The number of hydrogen-bond donors (Lipinski definition) is 1. The molecule has 0 saturated heterocycles. The molecule has 0 unspecified atom stereocenters. The average Bonchev–Trinajstić information content (AvgIpc) is 2.47. The summed E-state index contributed by atoms with van der Waals surface area (Å²) in [6.07, 6.45) is 6.02. The molecule has 2 nitrogen and oxygen atoms in total. The Hall–Kier alpha value is -1.90. The molecule has 1 aromatic rings. The standard InChI is InChI=1S/C19H28FN2/c1-7-10-18(20)19(4,5)16-11-8-9-12-17(16)22(6)14-13-21-15(2)3/h7-15,18,21H,6H2,1-5H3/q+1/b10-7?,14-13-/t18-/m1/s1. The lowest BCUT2D eigenvalue weighted by molar-refractivity contribution is -0.351. The number of nitrogens with zero attached hydrogens (tertiary/aromatic N) is 1. The number of benzene rings is 1. The van der Waals surface area contributed by atoms with E-state index in [0.717, 1.165) is 11.3 Å². The fourth-order valence-electron chi connectivity index (χ4n) is 2.23. The third-order valence-corrected chi connectivity index (χ3v) is 3.64. The van der Waals surface area contributed by atoms with Crippen molar-refractivity contribution in [2.24, 2.45) is 0 Å². The summed E-state index contributed by atoms with van der Waals surface area (Å²) < 4.78 is 16.3. The van der Waals surface area contributed by atoms with Crippen LogP contribution in [-0.4, -0.2) is 23.5 Å². The third-order valence-electron chi connectivity index (χ3n) is 3.64. The molecule has 0 aromatic heterocycles. The minimum Gasteiger partial charge on any atom is -0.384 e. The first-order chi connectivity index (χ1) is 10.3. The fourth-order valence-corrected chi connectivity index (χ4v) is 2.23. The first kappa shape index (κ1) is 18.1. The minimum absolute atomic E-state index is 0.362. The van der Waals surface area contributed by atoms with Crippen molar-refractivity contribution in [2.75, 3.05) is 0 Å². The third kappa shape index (κ3) is 4.55. The molecule has 0 aliphatic carbocycles. The highest BCUT2D eigenvalue weighted by molar-refractivity contribution is 5.48. The summed E-state index contributed by atoms with van der Waals surface area (Å²) in [6, 6.07) is 8.17. The zero-order chi connectivity index (χ0) is 16.8. The van der Waals surface area contributed by atoms with Crippen LogP contribution in [-0.2, 0) is 5.41 Å². The van der Waals surface area contributed by atoms with Crippen LogP contribution in [0, 0.1) is 0 Å². The fraction of sp³-hybridized carbons (Fsp3) is 0.421. The molecule has 1 aromatic carbocycles. The quantitative estimate of drug-likeness (QED) is 0.438. The number of para-hydroxylation sites is 1. The van der Waals surface area contributed by atoms with Gasteiger partial charge in [0, 0.05) is 23.1 Å². The largest absolute Gasteiger partial charge is 0.384 e. The molecule has 22 heavy (non-hydrogen) atoms. The van der Waals surface area contributed by atoms with Crippen LogP contribution < -0.4 is 5.32 Å². The van der Waals surface area contributed by atoms with Gasteiger partial charge in [-0.05, 0) is 20.8 Å². The Bertz CT molecular complexity index is 556. The number of halogens is 1. The van der Waals surface area contributed by atoms with E-state index in [4.69, 9.17) is 0 Å². The van der Waals surface area contributed by atoms with Crippen LogP contribution in [0.4, 0.5) is 10.1 Å². The van der Waals surface area contributed by atoms with Crippen molar-refractivity contribution < 1.29 is 8.97 Å². The highest BCUT2D eigenvalue weighted by Crippen LogP contribution is 2.36. The van der Waals surface area contributed by atoms with Gasteiger partial charge in [0.2, 0.25) is 5.69 Å². The molecule has 0 saturated carbocycles.